The molecular weight excluding hydrogens is 256 g/mol. The number of rotatable bonds is 3. The highest BCUT2D eigenvalue weighted by Crippen LogP contribution is 2.24. The van der Waals surface area contributed by atoms with Gasteiger partial charge in [0.15, 0.2) is 9.84 Å². The van der Waals surface area contributed by atoms with Gasteiger partial charge in [0, 0.05) is 6.04 Å². The number of carbonyl (C=O) groups is 1. The maximum atomic E-state index is 12.2. The largest absolute Gasteiger partial charge is 0.379 e. The monoisotopic (exact) mass is 276 g/mol. The molecule has 0 aromatic carbocycles. The maximum Gasteiger partial charge on any atom is 0.227 e. The van der Waals surface area contributed by atoms with Gasteiger partial charge in [-0.05, 0) is 20.4 Å². The van der Waals surface area contributed by atoms with Crippen LogP contribution in [0.4, 0.5) is 0 Å². The van der Waals surface area contributed by atoms with Gasteiger partial charge in [0.2, 0.25) is 5.91 Å². The second-order valence-electron chi connectivity index (χ2n) is 5.43. The molecule has 7 heteroatoms. The Kier molecular flexibility index (Phi) is 3.66. The molecule has 18 heavy (non-hydrogen) atoms. The number of ether oxygens (including phenoxy) is 1. The molecule has 2 fully saturated rings. The fraction of sp³-hybridized carbons (Fsp3) is 0.909. The number of hydrogen-bond donors (Lipinski definition) is 2. The van der Waals surface area contributed by atoms with Crippen molar-refractivity contribution in [2.24, 2.45) is 5.92 Å². The van der Waals surface area contributed by atoms with E-state index in [4.69, 9.17) is 4.74 Å². The molecular formula is C11H20N2O4S. The zero-order valence-corrected chi connectivity index (χ0v) is 11.5. The van der Waals surface area contributed by atoms with E-state index in [2.05, 4.69) is 10.6 Å². The molecule has 0 spiro atoms. The van der Waals surface area contributed by atoms with Crippen LogP contribution in [0.25, 0.3) is 0 Å². The van der Waals surface area contributed by atoms with Crippen LogP contribution in [0.3, 0.4) is 0 Å². The molecule has 0 saturated carbocycles. The van der Waals surface area contributed by atoms with Crippen molar-refractivity contribution in [2.45, 2.75) is 24.9 Å². The number of carbonyl (C=O) groups excluding carboxylic acids is 1. The van der Waals surface area contributed by atoms with Gasteiger partial charge in [0.25, 0.3) is 0 Å². The van der Waals surface area contributed by atoms with E-state index >= 15 is 0 Å². The van der Waals surface area contributed by atoms with Gasteiger partial charge in [-0.25, -0.2) is 8.42 Å². The summed E-state index contributed by atoms with van der Waals surface area (Å²) < 4.78 is 28.2. The van der Waals surface area contributed by atoms with Crippen LogP contribution in [0.5, 0.6) is 0 Å². The van der Waals surface area contributed by atoms with Gasteiger partial charge >= 0.3 is 0 Å². The summed E-state index contributed by atoms with van der Waals surface area (Å²) in [4.78, 5) is 12.2. The van der Waals surface area contributed by atoms with E-state index in [-0.39, 0.29) is 29.4 Å². The van der Waals surface area contributed by atoms with Crippen molar-refractivity contribution in [2.75, 3.05) is 31.8 Å². The Balaban J connectivity index is 1.99. The summed E-state index contributed by atoms with van der Waals surface area (Å²) in [5.41, 5.74) is -0.628. The predicted octanol–water partition coefficient (Wildman–Crippen LogP) is -1.09. The number of nitrogens with one attached hydrogen (secondary N) is 2. The van der Waals surface area contributed by atoms with E-state index in [1.807, 2.05) is 0 Å². The van der Waals surface area contributed by atoms with E-state index in [0.717, 1.165) is 0 Å². The lowest BCUT2D eigenvalue weighted by molar-refractivity contribution is -0.127. The van der Waals surface area contributed by atoms with Gasteiger partial charge in [-0.2, -0.15) is 0 Å². The van der Waals surface area contributed by atoms with Crippen LogP contribution in [0.1, 0.15) is 13.3 Å². The second kappa shape index (κ2) is 4.79. The van der Waals surface area contributed by atoms with Crippen LogP contribution in [-0.4, -0.2) is 57.7 Å². The minimum Gasteiger partial charge on any atom is -0.379 e. The van der Waals surface area contributed by atoms with Crippen molar-refractivity contribution in [3.8, 4) is 0 Å². The van der Waals surface area contributed by atoms with Gasteiger partial charge < -0.3 is 15.4 Å². The molecule has 3 unspecified atom stereocenters. The van der Waals surface area contributed by atoms with Gasteiger partial charge in [0.1, 0.15) is 0 Å². The minimum atomic E-state index is -3.00. The minimum absolute atomic E-state index is 0.00612. The molecule has 2 N–H and O–H groups in total. The molecule has 0 aromatic heterocycles. The fourth-order valence-corrected chi connectivity index (χ4v) is 4.69. The molecule has 1 amide bonds. The summed E-state index contributed by atoms with van der Waals surface area (Å²) in [7, 11) is -1.21. The van der Waals surface area contributed by atoms with Crippen LogP contribution in [0.2, 0.25) is 0 Å². The van der Waals surface area contributed by atoms with Crippen LogP contribution < -0.4 is 10.6 Å². The van der Waals surface area contributed by atoms with E-state index in [9.17, 15) is 13.2 Å². The Bertz CT molecular complexity index is 436. The molecule has 0 aliphatic carbocycles. The van der Waals surface area contributed by atoms with E-state index in [1.165, 1.54) is 0 Å². The molecule has 0 aromatic rings. The maximum absolute atomic E-state index is 12.2. The summed E-state index contributed by atoms with van der Waals surface area (Å²) >= 11 is 0. The predicted molar refractivity (Wildman–Crippen MR) is 67.0 cm³/mol. The third-order valence-electron chi connectivity index (χ3n) is 3.72. The molecule has 0 bridgehead atoms. The molecule has 2 rings (SSSR count). The quantitative estimate of drug-likeness (QED) is 0.684. The lowest BCUT2D eigenvalue weighted by Crippen LogP contribution is -2.52. The van der Waals surface area contributed by atoms with E-state index < -0.39 is 15.4 Å². The Morgan fingerprint density at radius 1 is 1.39 bits per heavy atom. The highest BCUT2D eigenvalue weighted by Gasteiger charge is 2.42. The molecule has 2 aliphatic rings. The van der Waals surface area contributed by atoms with Crippen molar-refractivity contribution in [1.82, 2.24) is 10.6 Å². The molecule has 2 saturated heterocycles. The van der Waals surface area contributed by atoms with Crippen molar-refractivity contribution in [3.63, 3.8) is 0 Å². The zero-order chi connectivity index (χ0) is 13.4. The number of hydrogen-bond acceptors (Lipinski definition) is 5. The van der Waals surface area contributed by atoms with E-state index in [1.54, 1.807) is 14.0 Å². The molecule has 3 atom stereocenters. The topological polar surface area (TPSA) is 84.5 Å². The van der Waals surface area contributed by atoms with Gasteiger partial charge in [0.05, 0.1) is 36.2 Å². The average molecular weight is 276 g/mol. The van der Waals surface area contributed by atoms with Crippen molar-refractivity contribution in [1.29, 1.82) is 0 Å². The Morgan fingerprint density at radius 3 is 2.67 bits per heavy atom. The first-order chi connectivity index (χ1) is 8.35. The summed E-state index contributed by atoms with van der Waals surface area (Å²) in [6, 6.07) is 0.00612. The van der Waals surface area contributed by atoms with Gasteiger partial charge in [-0.3, -0.25) is 4.79 Å². The lowest BCUT2D eigenvalue weighted by Gasteiger charge is -2.27. The number of sulfone groups is 1. The average Bonchev–Trinajstić information content (AvgIpc) is 2.82. The molecule has 104 valence electrons. The number of amides is 1. The molecule has 2 heterocycles. The standard InChI is InChI=1S/C11H20N2O4S/c1-11(3-4-18(15,16)7-11)13-10(14)8-5-17-6-9(8)12-2/h8-9,12H,3-7H2,1-2H3,(H,13,14). The highest BCUT2D eigenvalue weighted by molar-refractivity contribution is 7.91. The third-order valence-corrected chi connectivity index (χ3v) is 5.62. The lowest BCUT2D eigenvalue weighted by atomic mass is 9.97. The van der Waals surface area contributed by atoms with E-state index in [0.29, 0.717) is 19.6 Å². The summed E-state index contributed by atoms with van der Waals surface area (Å²) in [5, 5.41) is 5.92. The van der Waals surface area contributed by atoms with Crippen molar-refractivity contribution >= 4 is 15.7 Å². The first-order valence-corrected chi connectivity index (χ1v) is 7.95. The first-order valence-electron chi connectivity index (χ1n) is 6.13. The van der Waals surface area contributed by atoms with Crippen LogP contribution in [0.15, 0.2) is 0 Å². The SMILES string of the molecule is CNC1COCC1C(=O)NC1(C)CCS(=O)(=O)C1. The smallest absolute Gasteiger partial charge is 0.227 e. The van der Waals surface area contributed by atoms with Crippen molar-refractivity contribution in [3.05, 3.63) is 0 Å². The zero-order valence-electron chi connectivity index (χ0n) is 10.7. The first kappa shape index (κ1) is 13.8. The summed E-state index contributed by atoms with van der Waals surface area (Å²) in [6.45, 7) is 2.70. The Morgan fingerprint density at radius 2 is 2.11 bits per heavy atom. The van der Waals surface area contributed by atoms with Crippen LogP contribution in [0, 0.1) is 5.92 Å². The fourth-order valence-electron chi connectivity index (χ4n) is 2.60. The summed E-state index contributed by atoms with van der Waals surface area (Å²) in [5.74, 6) is -0.175. The number of likely N-dealkylation sites (N-methyl/N-ethyl adjacent to an activating group) is 1. The van der Waals surface area contributed by atoms with Crippen LogP contribution in [-0.2, 0) is 19.4 Å². The van der Waals surface area contributed by atoms with Crippen molar-refractivity contribution < 1.29 is 17.9 Å². The Labute approximate surface area is 107 Å². The molecule has 0 radical (unpaired) electrons. The second-order valence-corrected chi connectivity index (χ2v) is 7.62. The van der Waals surface area contributed by atoms with Gasteiger partial charge in [-0.1, -0.05) is 0 Å². The molecule has 6 nitrogen and oxygen atoms in total. The third kappa shape index (κ3) is 2.84. The highest BCUT2D eigenvalue weighted by atomic mass is 32.2. The summed E-state index contributed by atoms with van der Waals surface area (Å²) in [6.07, 6.45) is 0.485. The Hall–Kier alpha value is -0.660. The molecule has 2 aliphatic heterocycles. The normalized spacial score (nSPS) is 38.8. The van der Waals surface area contributed by atoms with Gasteiger partial charge in [-0.15, -0.1) is 0 Å². The van der Waals surface area contributed by atoms with Crippen LogP contribution >= 0.6 is 0 Å².